The number of piperazine rings is 1. The zero-order valence-corrected chi connectivity index (χ0v) is 12.0. The molecule has 9 heteroatoms. The molecule has 116 valence electrons. The Morgan fingerprint density at radius 2 is 1.95 bits per heavy atom. The minimum Gasteiger partial charge on any atom is -0.336 e. The van der Waals surface area contributed by atoms with E-state index in [1.54, 1.807) is 17.1 Å². The third-order valence-electron chi connectivity index (χ3n) is 2.97. The third-order valence-corrected chi connectivity index (χ3v) is 3.94. The highest BCUT2D eigenvalue weighted by Gasteiger charge is 2.39. The highest BCUT2D eigenvalue weighted by molar-refractivity contribution is 7.16. The van der Waals surface area contributed by atoms with E-state index in [0.717, 1.165) is 11.3 Å². The molecule has 0 aromatic carbocycles. The number of amides is 2. The molecule has 1 aromatic rings. The first kappa shape index (κ1) is 15.8. The van der Waals surface area contributed by atoms with Crippen LogP contribution >= 0.6 is 11.3 Å². The Kier molecular flexibility index (Phi) is 4.52. The quantitative estimate of drug-likeness (QED) is 0.870. The van der Waals surface area contributed by atoms with Gasteiger partial charge in [0.2, 0.25) is 0 Å². The molecule has 5 nitrogen and oxygen atoms in total. The molecule has 1 aliphatic rings. The Bertz CT molecular complexity index is 550. The average Bonchev–Trinajstić information content (AvgIpc) is 2.78. The second-order valence-electron chi connectivity index (χ2n) is 4.59. The molecule has 0 spiro atoms. The molecule has 0 unspecified atom stereocenters. The number of hydrogen-bond donors (Lipinski definition) is 2. The first-order chi connectivity index (χ1) is 9.79. The molecule has 0 saturated carbocycles. The van der Waals surface area contributed by atoms with Crippen LogP contribution in [0, 0.1) is 6.92 Å². The van der Waals surface area contributed by atoms with Gasteiger partial charge in [-0.2, -0.15) is 13.2 Å². The lowest BCUT2D eigenvalue weighted by molar-refractivity contribution is -0.167. The second kappa shape index (κ2) is 6.02. The van der Waals surface area contributed by atoms with E-state index in [2.05, 4.69) is 5.32 Å². The second-order valence-corrected chi connectivity index (χ2v) is 5.85. The van der Waals surface area contributed by atoms with Crippen LogP contribution in [0.15, 0.2) is 6.07 Å². The van der Waals surface area contributed by atoms with Crippen LogP contribution < -0.4 is 10.6 Å². The lowest BCUT2D eigenvalue weighted by Crippen LogP contribution is -2.46. The summed E-state index contributed by atoms with van der Waals surface area (Å²) in [5.41, 5.74) is 0.108. The summed E-state index contributed by atoms with van der Waals surface area (Å²) in [6, 6.07) is 1.50. The van der Waals surface area contributed by atoms with Gasteiger partial charge in [0.1, 0.15) is 5.00 Å². The van der Waals surface area contributed by atoms with Gasteiger partial charge >= 0.3 is 12.1 Å². The predicted molar refractivity (Wildman–Crippen MR) is 72.5 cm³/mol. The first-order valence-electron chi connectivity index (χ1n) is 6.27. The van der Waals surface area contributed by atoms with Crippen molar-refractivity contribution in [3.8, 4) is 0 Å². The van der Waals surface area contributed by atoms with Crippen molar-refractivity contribution in [1.82, 2.24) is 10.2 Å². The molecule has 2 rings (SSSR count). The Hall–Kier alpha value is -1.61. The first-order valence-corrected chi connectivity index (χ1v) is 7.09. The largest absolute Gasteiger partial charge is 0.471 e. The number of carbonyl (C=O) groups is 2. The van der Waals surface area contributed by atoms with E-state index in [-0.39, 0.29) is 16.5 Å². The minimum atomic E-state index is -4.98. The number of alkyl halides is 3. The number of nitrogens with zero attached hydrogens (tertiary/aromatic N) is 1. The van der Waals surface area contributed by atoms with E-state index < -0.39 is 12.1 Å². The number of nitrogens with one attached hydrogen (secondary N) is 2. The number of aryl methyl sites for hydroxylation is 1. The molecule has 2 N–H and O–H groups in total. The van der Waals surface area contributed by atoms with E-state index >= 15 is 0 Å². The Labute approximate surface area is 123 Å². The fourth-order valence-electron chi connectivity index (χ4n) is 1.98. The number of hydrogen-bond acceptors (Lipinski definition) is 4. The van der Waals surface area contributed by atoms with Gasteiger partial charge in [-0.1, -0.05) is 0 Å². The molecule has 0 atom stereocenters. The van der Waals surface area contributed by atoms with Crippen LogP contribution in [0.4, 0.5) is 18.2 Å². The minimum absolute atomic E-state index is 0.0571. The molecular weight excluding hydrogens is 307 g/mol. The van der Waals surface area contributed by atoms with Gasteiger partial charge in [-0.25, -0.2) is 0 Å². The summed E-state index contributed by atoms with van der Waals surface area (Å²) < 4.78 is 37.0. The molecule has 2 amide bonds. The van der Waals surface area contributed by atoms with Crippen LogP contribution in [0.25, 0.3) is 0 Å². The van der Waals surface area contributed by atoms with Crippen LogP contribution in [-0.4, -0.2) is 49.1 Å². The van der Waals surface area contributed by atoms with E-state index in [9.17, 15) is 22.8 Å². The molecular formula is C12H14F3N3O2S. The lowest BCUT2D eigenvalue weighted by Gasteiger charge is -2.27. The molecule has 1 fully saturated rings. The van der Waals surface area contributed by atoms with Crippen LogP contribution in [-0.2, 0) is 4.79 Å². The van der Waals surface area contributed by atoms with Crippen molar-refractivity contribution in [1.29, 1.82) is 0 Å². The van der Waals surface area contributed by atoms with Gasteiger partial charge in [0, 0.05) is 31.1 Å². The van der Waals surface area contributed by atoms with Gasteiger partial charge in [0.15, 0.2) is 0 Å². The van der Waals surface area contributed by atoms with Gasteiger partial charge in [0.25, 0.3) is 5.91 Å². The van der Waals surface area contributed by atoms with Crippen molar-refractivity contribution >= 4 is 28.2 Å². The molecule has 0 bridgehead atoms. The van der Waals surface area contributed by atoms with E-state index in [1.165, 1.54) is 6.07 Å². The standard InChI is InChI=1S/C12H14F3N3O2S/c1-7-6-8(10(19)18-4-2-16-3-5-18)9(21-7)17-11(20)12(13,14)15/h6,16H,2-5H2,1H3,(H,17,20). The SMILES string of the molecule is Cc1cc(C(=O)N2CCNCC2)c(NC(=O)C(F)(F)F)s1. The topological polar surface area (TPSA) is 61.4 Å². The van der Waals surface area contributed by atoms with Crippen molar-refractivity contribution in [2.45, 2.75) is 13.1 Å². The van der Waals surface area contributed by atoms with Crippen LogP contribution in [0.2, 0.25) is 0 Å². The van der Waals surface area contributed by atoms with Crippen molar-refractivity contribution in [2.24, 2.45) is 0 Å². The zero-order chi connectivity index (χ0) is 15.6. The number of halogens is 3. The number of carbonyl (C=O) groups excluding carboxylic acids is 2. The maximum Gasteiger partial charge on any atom is 0.471 e. The van der Waals surface area contributed by atoms with Crippen molar-refractivity contribution in [3.05, 3.63) is 16.5 Å². The molecule has 0 radical (unpaired) electrons. The highest BCUT2D eigenvalue weighted by Crippen LogP contribution is 2.30. The third kappa shape index (κ3) is 3.73. The molecule has 1 aromatic heterocycles. The number of thiophene rings is 1. The zero-order valence-electron chi connectivity index (χ0n) is 11.2. The number of anilines is 1. The van der Waals surface area contributed by atoms with E-state index in [0.29, 0.717) is 31.1 Å². The fourth-order valence-corrected chi connectivity index (χ4v) is 2.88. The van der Waals surface area contributed by atoms with Crippen molar-refractivity contribution < 1.29 is 22.8 Å². The summed E-state index contributed by atoms with van der Waals surface area (Å²) in [6.07, 6.45) is -4.98. The Balaban J connectivity index is 2.20. The smallest absolute Gasteiger partial charge is 0.336 e. The van der Waals surface area contributed by atoms with Gasteiger partial charge in [0.05, 0.1) is 5.56 Å². The molecule has 1 saturated heterocycles. The van der Waals surface area contributed by atoms with Crippen LogP contribution in [0.3, 0.4) is 0 Å². The van der Waals surface area contributed by atoms with Crippen molar-refractivity contribution in [3.63, 3.8) is 0 Å². The van der Waals surface area contributed by atoms with E-state index in [1.807, 2.05) is 0 Å². The monoisotopic (exact) mass is 321 g/mol. The molecule has 1 aliphatic heterocycles. The predicted octanol–water partition coefficient (Wildman–Crippen LogP) is 1.60. The molecule has 2 heterocycles. The summed E-state index contributed by atoms with van der Waals surface area (Å²) in [7, 11) is 0. The highest BCUT2D eigenvalue weighted by atomic mass is 32.1. The summed E-state index contributed by atoms with van der Waals surface area (Å²) in [5.74, 6) is -2.43. The van der Waals surface area contributed by atoms with Crippen LogP contribution in [0.5, 0.6) is 0 Å². The lowest BCUT2D eigenvalue weighted by atomic mass is 10.2. The summed E-state index contributed by atoms with van der Waals surface area (Å²) in [4.78, 5) is 25.6. The van der Waals surface area contributed by atoms with Gasteiger partial charge in [-0.3, -0.25) is 9.59 Å². The molecule has 21 heavy (non-hydrogen) atoms. The Morgan fingerprint density at radius 3 is 2.52 bits per heavy atom. The fraction of sp³-hybridized carbons (Fsp3) is 0.500. The Morgan fingerprint density at radius 1 is 1.33 bits per heavy atom. The molecule has 0 aliphatic carbocycles. The summed E-state index contributed by atoms with van der Waals surface area (Å²) in [6.45, 7) is 3.92. The summed E-state index contributed by atoms with van der Waals surface area (Å²) >= 11 is 0.956. The maximum absolute atomic E-state index is 12.3. The van der Waals surface area contributed by atoms with Gasteiger partial charge in [-0.05, 0) is 13.0 Å². The van der Waals surface area contributed by atoms with E-state index in [4.69, 9.17) is 0 Å². The van der Waals surface area contributed by atoms with Gasteiger partial charge < -0.3 is 15.5 Å². The average molecular weight is 321 g/mol. The van der Waals surface area contributed by atoms with Gasteiger partial charge in [-0.15, -0.1) is 11.3 Å². The number of rotatable bonds is 2. The normalized spacial score (nSPS) is 15.9. The van der Waals surface area contributed by atoms with Crippen LogP contribution in [0.1, 0.15) is 15.2 Å². The maximum atomic E-state index is 12.3. The summed E-state index contributed by atoms with van der Waals surface area (Å²) in [5, 5.41) is 4.81. The van der Waals surface area contributed by atoms with Crippen molar-refractivity contribution in [2.75, 3.05) is 31.5 Å².